The van der Waals surface area contributed by atoms with Gasteiger partial charge in [0.2, 0.25) is 0 Å². The quantitative estimate of drug-likeness (QED) is 0.416. The summed E-state index contributed by atoms with van der Waals surface area (Å²) in [6, 6.07) is 0.412. The van der Waals surface area contributed by atoms with Gasteiger partial charge >= 0.3 is 0 Å². The summed E-state index contributed by atoms with van der Waals surface area (Å²) in [5.74, 6) is 0. The van der Waals surface area contributed by atoms with Crippen LogP contribution in [0, 0.1) is 0 Å². The van der Waals surface area contributed by atoms with Crippen LogP contribution in [0.5, 0.6) is 0 Å². The molecule has 0 aromatic carbocycles. The maximum atomic E-state index is 3.32. The Morgan fingerprint density at radius 1 is 1.60 bits per heavy atom. The van der Waals surface area contributed by atoms with Crippen molar-refractivity contribution in [3.8, 4) is 0 Å². The first-order chi connectivity index (χ1) is 4.97. The Bertz CT molecular complexity index is 252. The van der Waals surface area contributed by atoms with Crippen molar-refractivity contribution < 1.29 is 0 Å². The van der Waals surface area contributed by atoms with Crippen molar-refractivity contribution >= 4 is 0 Å². The molecule has 0 aromatic rings. The van der Waals surface area contributed by atoms with E-state index in [-0.39, 0.29) is 0 Å². The van der Waals surface area contributed by atoms with E-state index in [0.29, 0.717) is 6.04 Å². The summed E-state index contributed by atoms with van der Waals surface area (Å²) in [6.07, 6.45) is 10.4. The van der Waals surface area contributed by atoms with Gasteiger partial charge in [0.1, 0.15) is 0 Å². The lowest BCUT2D eigenvalue weighted by Crippen LogP contribution is -2.22. The Morgan fingerprint density at radius 3 is 3.20 bits per heavy atom. The zero-order valence-corrected chi connectivity index (χ0v) is 5.67. The van der Waals surface area contributed by atoms with Crippen LogP contribution in [0.1, 0.15) is 0 Å². The van der Waals surface area contributed by atoms with Gasteiger partial charge in [-0.3, -0.25) is 0 Å². The SMILES string of the molecule is C1=CC=CC=1C1C=CCN1. The van der Waals surface area contributed by atoms with E-state index >= 15 is 0 Å². The third-order valence-electron chi connectivity index (χ3n) is 1.74. The second-order valence-corrected chi connectivity index (χ2v) is 2.44. The van der Waals surface area contributed by atoms with Crippen LogP contribution < -0.4 is 5.32 Å². The van der Waals surface area contributed by atoms with Crippen molar-refractivity contribution in [2.24, 2.45) is 0 Å². The van der Waals surface area contributed by atoms with Gasteiger partial charge < -0.3 is 5.32 Å². The Labute approximate surface area is 60.4 Å². The first kappa shape index (κ1) is 5.72. The Hall–Kier alpha value is -1.04. The molecule has 1 aliphatic heterocycles. The van der Waals surface area contributed by atoms with E-state index in [2.05, 4.69) is 29.3 Å². The van der Waals surface area contributed by atoms with Gasteiger partial charge in [-0.1, -0.05) is 18.2 Å². The van der Waals surface area contributed by atoms with E-state index in [1.54, 1.807) is 0 Å². The first-order valence-electron chi connectivity index (χ1n) is 3.50. The molecule has 1 nitrogen and oxygen atoms in total. The Balaban J connectivity index is 2.19. The fourth-order valence-electron chi connectivity index (χ4n) is 1.22. The molecule has 1 unspecified atom stereocenters. The molecule has 10 heavy (non-hydrogen) atoms. The molecule has 0 bridgehead atoms. The van der Waals surface area contributed by atoms with E-state index in [1.807, 2.05) is 12.2 Å². The minimum atomic E-state index is 0.412. The Morgan fingerprint density at radius 2 is 2.60 bits per heavy atom. The van der Waals surface area contributed by atoms with E-state index < -0.39 is 0 Å². The van der Waals surface area contributed by atoms with Gasteiger partial charge in [-0.2, -0.15) is 0 Å². The molecular formula is C9H9N. The van der Waals surface area contributed by atoms with Crippen LogP contribution in [0.3, 0.4) is 0 Å². The summed E-state index contributed by atoms with van der Waals surface area (Å²) in [6.45, 7) is 0.990. The van der Waals surface area contributed by atoms with Crippen molar-refractivity contribution in [3.63, 3.8) is 0 Å². The van der Waals surface area contributed by atoms with E-state index in [1.165, 1.54) is 5.57 Å². The molecule has 2 aliphatic rings. The van der Waals surface area contributed by atoms with Crippen molar-refractivity contribution in [2.75, 3.05) is 6.54 Å². The van der Waals surface area contributed by atoms with Crippen LogP contribution in [-0.4, -0.2) is 12.6 Å². The molecule has 0 radical (unpaired) electrons. The van der Waals surface area contributed by atoms with Gasteiger partial charge in [-0.15, -0.1) is 5.73 Å². The van der Waals surface area contributed by atoms with Crippen molar-refractivity contribution in [1.82, 2.24) is 5.32 Å². The number of allylic oxidation sites excluding steroid dienone is 1. The van der Waals surface area contributed by atoms with Crippen molar-refractivity contribution in [3.05, 3.63) is 41.7 Å². The molecule has 1 heterocycles. The normalized spacial score (nSPS) is 28.0. The summed E-state index contributed by atoms with van der Waals surface area (Å²) < 4.78 is 0. The lowest BCUT2D eigenvalue weighted by Gasteiger charge is -2.05. The van der Waals surface area contributed by atoms with Gasteiger partial charge in [-0.25, -0.2) is 0 Å². The molecule has 1 aliphatic carbocycles. The molecule has 2 rings (SSSR count). The molecule has 0 amide bonds. The van der Waals surface area contributed by atoms with Crippen molar-refractivity contribution in [2.45, 2.75) is 6.04 Å². The highest BCUT2D eigenvalue weighted by molar-refractivity contribution is 5.37. The lowest BCUT2D eigenvalue weighted by molar-refractivity contribution is 0.762. The predicted molar refractivity (Wildman–Crippen MR) is 41.7 cm³/mol. The lowest BCUT2D eigenvalue weighted by atomic mass is 10.1. The smallest absolute Gasteiger partial charge is 0.0582 e. The highest BCUT2D eigenvalue weighted by Gasteiger charge is 2.11. The topological polar surface area (TPSA) is 12.0 Å². The summed E-state index contributed by atoms with van der Waals surface area (Å²) >= 11 is 0. The summed E-state index contributed by atoms with van der Waals surface area (Å²) in [5.41, 5.74) is 4.41. The third kappa shape index (κ3) is 0.860. The molecule has 0 aromatic heterocycles. The van der Waals surface area contributed by atoms with Gasteiger partial charge in [0.25, 0.3) is 0 Å². The van der Waals surface area contributed by atoms with E-state index in [0.717, 1.165) is 6.54 Å². The maximum Gasteiger partial charge on any atom is 0.0582 e. The molecule has 50 valence electrons. The Kier molecular flexibility index (Phi) is 1.31. The van der Waals surface area contributed by atoms with Crippen LogP contribution in [0.4, 0.5) is 0 Å². The van der Waals surface area contributed by atoms with Crippen LogP contribution in [0.25, 0.3) is 0 Å². The maximum absolute atomic E-state index is 3.32. The summed E-state index contributed by atoms with van der Waals surface area (Å²) in [7, 11) is 0. The fourth-order valence-corrected chi connectivity index (χ4v) is 1.22. The van der Waals surface area contributed by atoms with E-state index in [4.69, 9.17) is 0 Å². The highest BCUT2D eigenvalue weighted by Crippen LogP contribution is 2.11. The van der Waals surface area contributed by atoms with Gasteiger partial charge in [-0.05, 0) is 12.2 Å². The largest absolute Gasteiger partial charge is 0.303 e. The molecular weight excluding hydrogens is 122 g/mol. The standard InChI is InChI=1S/C9H9N/c1-2-5-8(4-1)9-6-3-7-10-9/h1-4,6,9-10H,7H2. The number of hydrogen-bond donors (Lipinski definition) is 1. The second-order valence-electron chi connectivity index (χ2n) is 2.44. The predicted octanol–water partition coefficient (Wildman–Crippen LogP) is 1.17. The van der Waals surface area contributed by atoms with Crippen LogP contribution in [0.2, 0.25) is 0 Å². The summed E-state index contributed by atoms with van der Waals surface area (Å²) in [4.78, 5) is 0. The fraction of sp³-hybridized carbons (Fsp3) is 0.222. The van der Waals surface area contributed by atoms with Gasteiger partial charge in [0.15, 0.2) is 0 Å². The molecule has 0 fully saturated rings. The molecule has 0 saturated heterocycles. The van der Waals surface area contributed by atoms with Crippen LogP contribution >= 0.6 is 0 Å². The first-order valence-corrected chi connectivity index (χ1v) is 3.50. The second kappa shape index (κ2) is 2.30. The number of nitrogens with one attached hydrogen (secondary N) is 1. The average molecular weight is 131 g/mol. The monoisotopic (exact) mass is 131 g/mol. The number of rotatable bonds is 1. The zero-order valence-electron chi connectivity index (χ0n) is 5.67. The zero-order chi connectivity index (χ0) is 6.81. The molecule has 1 N–H and O–H groups in total. The molecule has 0 saturated carbocycles. The minimum absolute atomic E-state index is 0.412. The molecule has 0 spiro atoms. The summed E-state index contributed by atoms with van der Waals surface area (Å²) in [5, 5.41) is 3.32. The van der Waals surface area contributed by atoms with Gasteiger partial charge in [0, 0.05) is 12.1 Å². The molecule has 1 atom stereocenters. The highest BCUT2D eigenvalue weighted by atomic mass is 14.9. The number of hydrogen-bond acceptors (Lipinski definition) is 1. The molecule has 1 heteroatoms. The van der Waals surface area contributed by atoms with E-state index in [9.17, 15) is 0 Å². The van der Waals surface area contributed by atoms with Gasteiger partial charge in [0.05, 0.1) is 6.04 Å². The average Bonchev–Trinajstić information content (AvgIpc) is 2.59. The minimum Gasteiger partial charge on any atom is -0.303 e. The van der Waals surface area contributed by atoms with Crippen LogP contribution in [0.15, 0.2) is 41.7 Å². The van der Waals surface area contributed by atoms with Crippen LogP contribution in [-0.2, 0) is 0 Å². The van der Waals surface area contributed by atoms with Crippen molar-refractivity contribution in [1.29, 1.82) is 0 Å². The third-order valence-corrected chi connectivity index (χ3v) is 1.74.